The van der Waals surface area contributed by atoms with Gasteiger partial charge in [0.25, 0.3) is 0 Å². The van der Waals surface area contributed by atoms with Crippen molar-refractivity contribution in [3.05, 3.63) is 0 Å². The van der Waals surface area contributed by atoms with Crippen LogP contribution < -0.4 is 11.1 Å². The van der Waals surface area contributed by atoms with Gasteiger partial charge in [-0.25, -0.2) is 0 Å². The fourth-order valence-corrected chi connectivity index (χ4v) is 2.81. The monoisotopic (exact) mass is 255 g/mol. The van der Waals surface area contributed by atoms with Crippen molar-refractivity contribution < 1.29 is 4.74 Å². The number of nitrogens with zero attached hydrogens (tertiary/aromatic N) is 1. The lowest BCUT2D eigenvalue weighted by Gasteiger charge is -2.42. The predicted octanol–water partition coefficient (Wildman–Crippen LogP) is 2.14. The number of nitrogens with two attached hydrogens (primary N) is 1. The standard InChI is InChI=1S/C14H29N3O/c1-11(2)8-14(6-5-7-14)10-16-13(15)17-12(3)9-18-4/h11-12H,5-10H2,1-4H3,(H3,15,16,17). The molecule has 18 heavy (non-hydrogen) atoms. The van der Waals surface area contributed by atoms with Gasteiger partial charge in [-0.2, -0.15) is 0 Å². The van der Waals surface area contributed by atoms with Crippen LogP contribution in [0.3, 0.4) is 0 Å². The summed E-state index contributed by atoms with van der Waals surface area (Å²) in [6.07, 6.45) is 5.21. The summed E-state index contributed by atoms with van der Waals surface area (Å²) in [6.45, 7) is 8.12. The summed E-state index contributed by atoms with van der Waals surface area (Å²) in [7, 11) is 1.69. The zero-order chi connectivity index (χ0) is 13.6. The lowest BCUT2D eigenvalue weighted by Crippen LogP contribution is -2.42. The van der Waals surface area contributed by atoms with E-state index in [-0.39, 0.29) is 6.04 Å². The molecule has 1 rings (SSSR count). The number of ether oxygens (including phenoxy) is 1. The van der Waals surface area contributed by atoms with Gasteiger partial charge in [0.2, 0.25) is 0 Å². The van der Waals surface area contributed by atoms with Gasteiger partial charge in [0, 0.05) is 19.7 Å². The van der Waals surface area contributed by atoms with Crippen LogP contribution in [0.1, 0.15) is 46.5 Å². The molecule has 0 spiro atoms. The van der Waals surface area contributed by atoms with Crippen molar-refractivity contribution in [3.8, 4) is 0 Å². The molecule has 1 unspecified atom stereocenters. The van der Waals surface area contributed by atoms with Crippen molar-refractivity contribution in [2.24, 2.45) is 22.1 Å². The minimum Gasteiger partial charge on any atom is -0.383 e. The molecule has 1 aliphatic rings. The first kappa shape index (κ1) is 15.3. The SMILES string of the molecule is COCC(C)NC(N)=NCC1(CC(C)C)CCC1. The van der Waals surface area contributed by atoms with Gasteiger partial charge in [-0.3, -0.25) is 4.99 Å². The Morgan fingerprint density at radius 3 is 2.50 bits per heavy atom. The van der Waals surface area contributed by atoms with Crippen molar-refractivity contribution in [1.29, 1.82) is 0 Å². The van der Waals surface area contributed by atoms with Gasteiger partial charge >= 0.3 is 0 Å². The van der Waals surface area contributed by atoms with Gasteiger partial charge in [0.05, 0.1) is 6.61 Å². The molecule has 106 valence electrons. The van der Waals surface area contributed by atoms with E-state index in [0.717, 1.165) is 12.5 Å². The fraction of sp³-hybridized carbons (Fsp3) is 0.929. The highest BCUT2D eigenvalue weighted by Crippen LogP contribution is 2.46. The van der Waals surface area contributed by atoms with Crippen LogP contribution in [0.2, 0.25) is 0 Å². The zero-order valence-corrected chi connectivity index (χ0v) is 12.3. The van der Waals surface area contributed by atoms with E-state index in [1.54, 1.807) is 7.11 Å². The second-order valence-electron chi connectivity index (χ2n) is 6.15. The van der Waals surface area contributed by atoms with Crippen LogP contribution in [-0.4, -0.2) is 32.3 Å². The highest BCUT2D eigenvalue weighted by Gasteiger charge is 2.37. The molecule has 0 aromatic carbocycles. The van der Waals surface area contributed by atoms with E-state index in [1.807, 2.05) is 6.92 Å². The predicted molar refractivity (Wildman–Crippen MR) is 76.7 cm³/mol. The molecule has 0 amide bonds. The minimum atomic E-state index is 0.209. The van der Waals surface area contributed by atoms with Gasteiger partial charge < -0.3 is 15.8 Å². The second kappa shape index (κ2) is 6.98. The zero-order valence-electron chi connectivity index (χ0n) is 12.3. The third-order valence-corrected chi connectivity index (χ3v) is 3.65. The topological polar surface area (TPSA) is 59.6 Å². The number of rotatable bonds is 7. The Labute approximate surface area is 111 Å². The summed E-state index contributed by atoms with van der Waals surface area (Å²) in [4.78, 5) is 4.52. The van der Waals surface area contributed by atoms with E-state index in [2.05, 4.69) is 24.2 Å². The van der Waals surface area contributed by atoms with E-state index in [9.17, 15) is 0 Å². The fourth-order valence-electron chi connectivity index (χ4n) is 2.81. The maximum atomic E-state index is 5.91. The molecule has 3 N–H and O–H groups in total. The smallest absolute Gasteiger partial charge is 0.188 e. The lowest BCUT2D eigenvalue weighted by molar-refractivity contribution is 0.111. The molecule has 0 aromatic rings. The van der Waals surface area contributed by atoms with Crippen molar-refractivity contribution in [2.45, 2.75) is 52.5 Å². The Morgan fingerprint density at radius 2 is 2.06 bits per heavy atom. The van der Waals surface area contributed by atoms with E-state index < -0.39 is 0 Å². The van der Waals surface area contributed by atoms with Gasteiger partial charge in [-0.15, -0.1) is 0 Å². The van der Waals surface area contributed by atoms with Crippen molar-refractivity contribution in [3.63, 3.8) is 0 Å². The average Bonchev–Trinajstić information content (AvgIpc) is 2.21. The molecule has 0 aromatic heterocycles. The van der Waals surface area contributed by atoms with E-state index in [4.69, 9.17) is 10.5 Å². The van der Waals surface area contributed by atoms with Crippen LogP contribution in [-0.2, 0) is 4.74 Å². The molecule has 0 aliphatic heterocycles. The van der Waals surface area contributed by atoms with Crippen molar-refractivity contribution in [2.75, 3.05) is 20.3 Å². The summed E-state index contributed by atoms with van der Waals surface area (Å²) in [5.74, 6) is 1.29. The van der Waals surface area contributed by atoms with Crippen molar-refractivity contribution in [1.82, 2.24) is 5.32 Å². The molecule has 1 aliphatic carbocycles. The van der Waals surface area contributed by atoms with Crippen LogP contribution in [0.5, 0.6) is 0 Å². The van der Waals surface area contributed by atoms with E-state index in [1.165, 1.54) is 25.7 Å². The van der Waals surface area contributed by atoms with Crippen LogP contribution in [0.15, 0.2) is 4.99 Å². The number of nitrogens with one attached hydrogen (secondary N) is 1. The molecule has 4 heteroatoms. The third kappa shape index (κ3) is 4.84. The van der Waals surface area contributed by atoms with Crippen LogP contribution in [0.25, 0.3) is 0 Å². The third-order valence-electron chi connectivity index (χ3n) is 3.65. The van der Waals surface area contributed by atoms with E-state index >= 15 is 0 Å². The maximum Gasteiger partial charge on any atom is 0.188 e. The minimum absolute atomic E-state index is 0.209. The number of aliphatic imine (C=N–C) groups is 1. The molecule has 0 heterocycles. The molecular formula is C14H29N3O. The quantitative estimate of drug-likeness (QED) is 0.541. The first-order valence-electron chi connectivity index (χ1n) is 7.03. The molecule has 0 bridgehead atoms. The average molecular weight is 255 g/mol. The lowest BCUT2D eigenvalue weighted by atomic mass is 9.64. The van der Waals surface area contributed by atoms with Crippen molar-refractivity contribution >= 4 is 5.96 Å². The first-order chi connectivity index (χ1) is 8.47. The van der Waals surface area contributed by atoms with E-state index in [0.29, 0.717) is 18.0 Å². The molecule has 4 nitrogen and oxygen atoms in total. The van der Waals surface area contributed by atoms with Crippen LogP contribution in [0, 0.1) is 11.3 Å². The summed E-state index contributed by atoms with van der Waals surface area (Å²) in [5, 5.41) is 3.16. The van der Waals surface area contributed by atoms with Crippen LogP contribution in [0.4, 0.5) is 0 Å². The Kier molecular flexibility index (Phi) is 5.93. The van der Waals surface area contributed by atoms with Gasteiger partial charge in [0.1, 0.15) is 0 Å². The number of guanidine groups is 1. The Bertz CT molecular complexity index is 272. The second-order valence-corrected chi connectivity index (χ2v) is 6.15. The first-order valence-corrected chi connectivity index (χ1v) is 7.03. The maximum absolute atomic E-state index is 5.91. The number of hydrogen-bond donors (Lipinski definition) is 2. The highest BCUT2D eigenvalue weighted by molar-refractivity contribution is 5.78. The normalized spacial score (nSPS) is 20.6. The summed E-state index contributed by atoms with van der Waals surface area (Å²) < 4.78 is 5.06. The Hall–Kier alpha value is -0.770. The van der Waals surface area contributed by atoms with Gasteiger partial charge in [-0.05, 0) is 37.5 Å². The Balaban J connectivity index is 2.40. The summed E-state index contributed by atoms with van der Waals surface area (Å²) in [5.41, 5.74) is 6.33. The summed E-state index contributed by atoms with van der Waals surface area (Å²) in [6, 6.07) is 0.209. The van der Waals surface area contributed by atoms with Gasteiger partial charge in [0.15, 0.2) is 5.96 Å². The summed E-state index contributed by atoms with van der Waals surface area (Å²) >= 11 is 0. The molecule has 1 atom stereocenters. The molecular weight excluding hydrogens is 226 g/mol. The number of hydrogen-bond acceptors (Lipinski definition) is 2. The van der Waals surface area contributed by atoms with Crippen LogP contribution >= 0.6 is 0 Å². The van der Waals surface area contributed by atoms with Gasteiger partial charge in [-0.1, -0.05) is 20.3 Å². The highest BCUT2D eigenvalue weighted by atomic mass is 16.5. The molecule has 1 fully saturated rings. The largest absolute Gasteiger partial charge is 0.383 e. The molecule has 1 saturated carbocycles. The number of methoxy groups -OCH3 is 1. The molecule has 0 saturated heterocycles. The Morgan fingerprint density at radius 1 is 1.39 bits per heavy atom. The molecule has 0 radical (unpaired) electrons.